The molecule has 0 aromatic carbocycles. The Morgan fingerprint density at radius 2 is 2.30 bits per heavy atom. The molecule has 0 unspecified atom stereocenters. The van der Waals surface area contributed by atoms with Crippen LogP contribution in [0, 0.1) is 5.92 Å². The van der Waals surface area contributed by atoms with Gasteiger partial charge in [-0.3, -0.25) is 0 Å². The van der Waals surface area contributed by atoms with Gasteiger partial charge in [-0.1, -0.05) is 13.8 Å². The molecule has 0 saturated carbocycles. The van der Waals surface area contributed by atoms with E-state index < -0.39 is 0 Å². The summed E-state index contributed by atoms with van der Waals surface area (Å²) >= 11 is 0. The molecule has 2 nitrogen and oxygen atoms in total. The van der Waals surface area contributed by atoms with Gasteiger partial charge in [0.05, 0.1) is 0 Å². The molecule has 0 amide bonds. The minimum Gasteiger partial charge on any atom is -0.431 e. The van der Waals surface area contributed by atoms with Crippen molar-refractivity contribution in [3.63, 3.8) is 0 Å². The van der Waals surface area contributed by atoms with E-state index in [1.54, 1.807) is 6.26 Å². The summed E-state index contributed by atoms with van der Waals surface area (Å²) in [5.74, 6) is 1.86. The largest absolute Gasteiger partial charge is 0.431 e. The third kappa shape index (κ3) is 1.79. The van der Waals surface area contributed by atoms with Crippen LogP contribution in [0.4, 0.5) is 0 Å². The van der Waals surface area contributed by atoms with Gasteiger partial charge in [0.15, 0.2) is 0 Å². The van der Waals surface area contributed by atoms with Crippen LogP contribution in [-0.2, 0) is 9.47 Å². The first-order valence-corrected chi connectivity index (χ1v) is 3.41. The van der Waals surface area contributed by atoms with Crippen molar-refractivity contribution >= 4 is 0 Å². The molecule has 0 fully saturated rings. The molecule has 0 spiro atoms. The Kier molecular flexibility index (Phi) is 2.00. The van der Waals surface area contributed by atoms with Gasteiger partial charge in [-0.15, -0.1) is 0 Å². The summed E-state index contributed by atoms with van der Waals surface area (Å²) in [6, 6.07) is 0. The predicted octanol–water partition coefficient (Wildman–Crippen LogP) is 2.39. The van der Waals surface area contributed by atoms with Crippen LogP contribution in [0.15, 0.2) is 24.5 Å². The smallest absolute Gasteiger partial charge is 0.281 e. The van der Waals surface area contributed by atoms with Crippen LogP contribution in [-0.4, -0.2) is 0 Å². The summed E-state index contributed by atoms with van der Waals surface area (Å²) in [5, 5.41) is 0. The molecule has 1 aliphatic heterocycles. The van der Waals surface area contributed by atoms with Crippen molar-refractivity contribution in [3.05, 3.63) is 24.5 Å². The van der Waals surface area contributed by atoms with Crippen LogP contribution in [0.2, 0.25) is 0 Å². The summed E-state index contributed by atoms with van der Waals surface area (Å²) in [7, 11) is 0. The predicted molar refractivity (Wildman–Crippen MR) is 38.8 cm³/mol. The molecule has 10 heavy (non-hydrogen) atoms. The molecular weight excluding hydrogens is 128 g/mol. The van der Waals surface area contributed by atoms with Crippen LogP contribution in [0.5, 0.6) is 0 Å². The fourth-order valence-corrected chi connectivity index (χ4v) is 0.818. The molecule has 1 heterocycles. The van der Waals surface area contributed by atoms with Crippen molar-refractivity contribution in [3.8, 4) is 0 Å². The fraction of sp³-hybridized carbons (Fsp3) is 0.500. The topological polar surface area (TPSA) is 18.5 Å². The quantitative estimate of drug-likeness (QED) is 0.586. The van der Waals surface area contributed by atoms with Gasteiger partial charge in [0, 0.05) is 6.42 Å². The van der Waals surface area contributed by atoms with Crippen LogP contribution in [0.3, 0.4) is 0 Å². The summed E-state index contributed by atoms with van der Waals surface area (Å²) < 4.78 is 10.0. The number of rotatable bonds is 2. The van der Waals surface area contributed by atoms with Crippen LogP contribution < -0.4 is 0 Å². The van der Waals surface area contributed by atoms with Gasteiger partial charge in [-0.2, -0.15) is 0 Å². The highest BCUT2D eigenvalue weighted by atomic mass is 16.7. The number of hydrogen-bond donors (Lipinski definition) is 0. The summed E-state index contributed by atoms with van der Waals surface area (Å²) in [5.41, 5.74) is 0. The molecule has 2 heteroatoms. The molecule has 0 N–H and O–H groups in total. The minimum absolute atomic E-state index is 0.385. The monoisotopic (exact) mass is 140 g/mol. The van der Waals surface area contributed by atoms with Gasteiger partial charge in [0.1, 0.15) is 12.0 Å². The molecule has 0 radical (unpaired) electrons. The van der Waals surface area contributed by atoms with E-state index in [0.717, 1.165) is 12.2 Å². The van der Waals surface area contributed by atoms with E-state index in [2.05, 4.69) is 20.4 Å². The maximum Gasteiger partial charge on any atom is 0.281 e. The number of allylic oxidation sites excluding steroid dienone is 1. The van der Waals surface area contributed by atoms with Gasteiger partial charge < -0.3 is 9.47 Å². The van der Waals surface area contributed by atoms with Crippen LogP contribution in [0.1, 0.15) is 20.3 Å². The Balaban J connectivity index is 2.37. The summed E-state index contributed by atoms with van der Waals surface area (Å²) in [6.45, 7) is 7.78. The van der Waals surface area contributed by atoms with Gasteiger partial charge in [0.2, 0.25) is 0 Å². The second kappa shape index (κ2) is 2.78. The first-order chi connectivity index (χ1) is 4.68. The lowest BCUT2D eigenvalue weighted by Gasteiger charge is -2.02. The summed E-state index contributed by atoms with van der Waals surface area (Å²) in [4.78, 5) is 0. The molecule has 56 valence electrons. The molecule has 0 atom stereocenters. The highest BCUT2D eigenvalue weighted by Crippen LogP contribution is 2.21. The molecular formula is C8H12O2. The standard InChI is InChI=1S/C8H12O2/c1-6(2)4-8-5-9-7(3)10-8/h5-6H,3-4H2,1-2H3. The first kappa shape index (κ1) is 7.19. The van der Waals surface area contributed by atoms with Crippen molar-refractivity contribution in [2.24, 2.45) is 5.92 Å². The third-order valence-electron chi connectivity index (χ3n) is 1.18. The lowest BCUT2D eigenvalue weighted by atomic mass is 10.1. The van der Waals surface area contributed by atoms with E-state index in [0.29, 0.717) is 11.9 Å². The average Bonchev–Trinajstić information content (AvgIpc) is 2.13. The van der Waals surface area contributed by atoms with E-state index >= 15 is 0 Å². The van der Waals surface area contributed by atoms with Gasteiger partial charge in [-0.25, -0.2) is 0 Å². The molecule has 0 saturated heterocycles. The molecule has 0 bridgehead atoms. The molecule has 1 aliphatic rings. The lowest BCUT2D eigenvalue weighted by molar-refractivity contribution is 0.183. The van der Waals surface area contributed by atoms with Crippen LogP contribution in [0.25, 0.3) is 0 Å². The lowest BCUT2D eigenvalue weighted by Crippen LogP contribution is -1.90. The Morgan fingerprint density at radius 3 is 2.70 bits per heavy atom. The first-order valence-electron chi connectivity index (χ1n) is 3.41. The van der Waals surface area contributed by atoms with Crippen molar-refractivity contribution in [2.75, 3.05) is 0 Å². The zero-order chi connectivity index (χ0) is 7.56. The van der Waals surface area contributed by atoms with Gasteiger partial charge >= 0.3 is 0 Å². The highest BCUT2D eigenvalue weighted by molar-refractivity contribution is 4.99. The SMILES string of the molecule is C=C1OC=C(CC(C)C)O1. The van der Waals surface area contributed by atoms with Crippen molar-refractivity contribution in [2.45, 2.75) is 20.3 Å². The van der Waals surface area contributed by atoms with E-state index in [1.807, 2.05) is 0 Å². The fourth-order valence-electron chi connectivity index (χ4n) is 0.818. The minimum atomic E-state index is 0.385. The molecule has 0 aromatic rings. The Bertz CT molecular complexity index is 168. The van der Waals surface area contributed by atoms with Crippen molar-refractivity contribution < 1.29 is 9.47 Å². The second-order valence-electron chi connectivity index (χ2n) is 2.77. The normalized spacial score (nSPS) is 16.7. The van der Waals surface area contributed by atoms with E-state index in [9.17, 15) is 0 Å². The molecule has 0 aliphatic carbocycles. The van der Waals surface area contributed by atoms with Crippen molar-refractivity contribution in [1.82, 2.24) is 0 Å². The maximum atomic E-state index is 5.12. The van der Waals surface area contributed by atoms with Crippen molar-refractivity contribution in [1.29, 1.82) is 0 Å². The van der Waals surface area contributed by atoms with Gasteiger partial charge in [-0.05, 0) is 12.5 Å². The molecule has 1 rings (SSSR count). The van der Waals surface area contributed by atoms with E-state index in [4.69, 9.17) is 9.47 Å². The maximum absolute atomic E-state index is 5.12. The second-order valence-corrected chi connectivity index (χ2v) is 2.77. The van der Waals surface area contributed by atoms with Crippen LogP contribution >= 0.6 is 0 Å². The van der Waals surface area contributed by atoms with E-state index in [1.165, 1.54) is 0 Å². The number of ether oxygens (including phenoxy) is 2. The number of hydrogen-bond acceptors (Lipinski definition) is 2. The van der Waals surface area contributed by atoms with Gasteiger partial charge in [0.25, 0.3) is 5.95 Å². The third-order valence-corrected chi connectivity index (χ3v) is 1.18. The summed E-state index contributed by atoms with van der Waals surface area (Å²) in [6.07, 6.45) is 2.53. The zero-order valence-corrected chi connectivity index (χ0v) is 6.39. The Morgan fingerprint density at radius 1 is 1.60 bits per heavy atom. The Hall–Kier alpha value is -0.920. The zero-order valence-electron chi connectivity index (χ0n) is 6.39. The molecule has 0 aromatic heterocycles. The Labute approximate surface area is 61.1 Å². The highest BCUT2D eigenvalue weighted by Gasteiger charge is 2.11. The van der Waals surface area contributed by atoms with E-state index in [-0.39, 0.29) is 0 Å². The average molecular weight is 140 g/mol.